The van der Waals surface area contributed by atoms with Crippen molar-refractivity contribution in [3.8, 4) is 5.75 Å². The molecule has 0 atom stereocenters. The van der Waals surface area contributed by atoms with Gasteiger partial charge in [0.15, 0.2) is 11.6 Å². The maximum absolute atomic E-state index is 11.4. The number of nitrogens with two attached hydrogens (primary N) is 1. The predicted octanol–water partition coefficient (Wildman–Crippen LogP) is 3.24. The second kappa shape index (κ2) is 8.83. The van der Waals surface area contributed by atoms with Crippen LogP contribution in [0.5, 0.6) is 5.75 Å². The number of benzene rings is 2. The maximum Gasteiger partial charge on any atom is 0.252 e. The summed E-state index contributed by atoms with van der Waals surface area (Å²) in [6, 6.07) is 13.8. The van der Waals surface area contributed by atoms with Crippen LogP contribution in [0.2, 0.25) is 5.02 Å². The Bertz CT molecular complexity index is 1030. The smallest absolute Gasteiger partial charge is 0.252 e. The molecule has 0 fully saturated rings. The van der Waals surface area contributed by atoms with Gasteiger partial charge in [-0.25, -0.2) is 0 Å². The Morgan fingerprint density at radius 2 is 2.07 bits per heavy atom. The van der Waals surface area contributed by atoms with Crippen molar-refractivity contribution >= 4 is 35.1 Å². The number of carbonyl (C=O) groups excluding carboxylic acids is 1. The first kappa shape index (κ1) is 19.1. The normalized spacial score (nSPS) is 10.8. The number of para-hydroxylation sites is 1. The summed E-state index contributed by atoms with van der Waals surface area (Å²) in [5.41, 5.74) is 6.33. The number of amidine groups is 1. The fraction of sp³-hybridized carbons (Fsp3) is 0.0526. The topological polar surface area (TPSA) is 130 Å². The van der Waals surface area contributed by atoms with Crippen molar-refractivity contribution in [2.75, 3.05) is 5.32 Å². The van der Waals surface area contributed by atoms with Gasteiger partial charge in [-0.3, -0.25) is 10.2 Å². The zero-order valence-electron chi connectivity index (χ0n) is 14.6. The summed E-state index contributed by atoms with van der Waals surface area (Å²) < 4.78 is 5.59. The van der Waals surface area contributed by atoms with Crippen LogP contribution >= 0.6 is 11.6 Å². The van der Waals surface area contributed by atoms with Crippen molar-refractivity contribution in [3.05, 3.63) is 76.8 Å². The molecule has 0 aliphatic carbocycles. The van der Waals surface area contributed by atoms with Crippen molar-refractivity contribution in [1.29, 1.82) is 5.41 Å². The number of hydrogen-bond acceptors (Lipinski definition) is 5. The third-order valence-corrected chi connectivity index (χ3v) is 3.81. The summed E-state index contributed by atoms with van der Waals surface area (Å²) in [4.78, 5) is 14.4. The minimum absolute atomic E-state index is 0.0867. The molecule has 28 heavy (non-hydrogen) atoms. The van der Waals surface area contributed by atoms with Crippen LogP contribution < -0.4 is 15.8 Å². The number of nitrogens with zero attached hydrogens (tertiary/aromatic N) is 2. The number of hydrogen-bond donors (Lipinski definition) is 4. The van der Waals surface area contributed by atoms with Gasteiger partial charge in [-0.05, 0) is 42.5 Å². The summed E-state index contributed by atoms with van der Waals surface area (Å²) in [6.07, 6.45) is 3.14. The standard InChI is InChI=1S/C19H17ClN6O2/c20-12-4-3-5-13(10-12)23-16(21)8-9-17-24-18(26-25-17)11-28-15-7-2-1-6-14(15)19(22)27/h1-10H,11H2,(H2,21,23)(H2,22,27)(H,24,25,26)/b9-8-. The van der Waals surface area contributed by atoms with E-state index >= 15 is 0 Å². The van der Waals surface area contributed by atoms with Gasteiger partial charge in [0.05, 0.1) is 5.56 Å². The number of aromatic nitrogens is 3. The molecule has 2 aromatic carbocycles. The van der Waals surface area contributed by atoms with Gasteiger partial charge >= 0.3 is 0 Å². The number of rotatable bonds is 7. The van der Waals surface area contributed by atoms with Gasteiger partial charge in [-0.1, -0.05) is 29.8 Å². The van der Waals surface area contributed by atoms with Crippen LogP contribution in [-0.2, 0) is 6.61 Å². The first-order valence-corrected chi connectivity index (χ1v) is 8.61. The Balaban J connectivity index is 1.57. The Morgan fingerprint density at radius 1 is 1.25 bits per heavy atom. The first-order chi connectivity index (χ1) is 13.5. The number of carbonyl (C=O) groups is 1. The van der Waals surface area contributed by atoms with Gasteiger partial charge in [0.1, 0.15) is 18.2 Å². The average Bonchev–Trinajstić information content (AvgIpc) is 3.13. The number of aromatic amines is 1. The first-order valence-electron chi connectivity index (χ1n) is 8.23. The average molecular weight is 397 g/mol. The van der Waals surface area contributed by atoms with E-state index in [0.717, 1.165) is 0 Å². The summed E-state index contributed by atoms with van der Waals surface area (Å²) in [5, 5.41) is 19.4. The van der Waals surface area contributed by atoms with E-state index in [0.29, 0.717) is 33.7 Å². The lowest BCUT2D eigenvalue weighted by atomic mass is 10.2. The molecule has 0 aliphatic rings. The highest BCUT2D eigenvalue weighted by Crippen LogP contribution is 2.18. The van der Waals surface area contributed by atoms with Gasteiger partial charge in [-0.15, -0.1) is 10.2 Å². The van der Waals surface area contributed by atoms with Crippen molar-refractivity contribution in [2.24, 2.45) is 5.73 Å². The maximum atomic E-state index is 11.4. The highest BCUT2D eigenvalue weighted by Gasteiger charge is 2.09. The minimum atomic E-state index is -0.567. The van der Waals surface area contributed by atoms with Crippen LogP contribution in [0.15, 0.2) is 54.6 Å². The number of H-pyrrole nitrogens is 1. The molecule has 1 heterocycles. The number of primary amides is 1. The van der Waals surface area contributed by atoms with Gasteiger partial charge in [0.2, 0.25) is 0 Å². The molecule has 0 unspecified atom stereocenters. The molecule has 3 rings (SSSR count). The van der Waals surface area contributed by atoms with Gasteiger partial charge in [0.25, 0.3) is 5.91 Å². The molecule has 3 aromatic rings. The fourth-order valence-corrected chi connectivity index (χ4v) is 2.51. The van der Waals surface area contributed by atoms with E-state index in [4.69, 9.17) is 27.5 Å². The molecular weight excluding hydrogens is 380 g/mol. The predicted molar refractivity (Wildman–Crippen MR) is 108 cm³/mol. The van der Waals surface area contributed by atoms with E-state index < -0.39 is 5.91 Å². The molecule has 5 N–H and O–H groups in total. The second-order valence-electron chi connectivity index (χ2n) is 5.69. The van der Waals surface area contributed by atoms with E-state index in [1.807, 2.05) is 6.07 Å². The highest BCUT2D eigenvalue weighted by molar-refractivity contribution is 6.30. The Labute approximate surface area is 165 Å². The Kier molecular flexibility index (Phi) is 6.03. The zero-order chi connectivity index (χ0) is 19.9. The number of nitrogens with one attached hydrogen (secondary N) is 3. The lowest BCUT2D eigenvalue weighted by molar-refractivity contribution is 0.0995. The molecule has 9 heteroatoms. The molecule has 0 saturated carbocycles. The number of anilines is 1. The molecule has 142 valence electrons. The monoisotopic (exact) mass is 396 g/mol. The summed E-state index contributed by atoms with van der Waals surface area (Å²) in [7, 11) is 0. The Morgan fingerprint density at radius 3 is 2.86 bits per heavy atom. The third kappa shape index (κ3) is 5.18. The minimum Gasteiger partial charge on any atom is -0.485 e. The third-order valence-electron chi connectivity index (χ3n) is 3.58. The molecule has 0 radical (unpaired) electrons. The van der Waals surface area contributed by atoms with Crippen molar-refractivity contribution in [3.63, 3.8) is 0 Å². The molecule has 1 amide bonds. The van der Waals surface area contributed by atoms with Gasteiger partial charge < -0.3 is 20.8 Å². The van der Waals surface area contributed by atoms with Crippen LogP contribution in [0, 0.1) is 5.41 Å². The van der Waals surface area contributed by atoms with E-state index in [9.17, 15) is 4.79 Å². The molecule has 0 saturated heterocycles. The van der Waals surface area contributed by atoms with E-state index in [2.05, 4.69) is 20.5 Å². The lowest BCUT2D eigenvalue weighted by Crippen LogP contribution is -2.13. The van der Waals surface area contributed by atoms with Crippen LogP contribution in [0.3, 0.4) is 0 Å². The molecule has 1 aromatic heterocycles. The highest BCUT2D eigenvalue weighted by atomic mass is 35.5. The van der Waals surface area contributed by atoms with Crippen molar-refractivity contribution in [2.45, 2.75) is 6.61 Å². The Hall–Kier alpha value is -3.65. The number of halogens is 1. The summed E-state index contributed by atoms with van der Waals surface area (Å²) in [6.45, 7) is 0.0867. The van der Waals surface area contributed by atoms with E-state index in [1.165, 1.54) is 6.08 Å². The number of amides is 1. The summed E-state index contributed by atoms with van der Waals surface area (Å²) >= 11 is 5.92. The van der Waals surface area contributed by atoms with Crippen molar-refractivity contribution < 1.29 is 9.53 Å². The molecule has 0 spiro atoms. The quantitative estimate of drug-likeness (QED) is 0.360. The molecule has 0 bridgehead atoms. The van der Waals surface area contributed by atoms with E-state index in [-0.39, 0.29) is 12.4 Å². The van der Waals surface area contributed by atoms with Crippen LogP contribution in [0.25, 0.3) is 6.08 Å². The van der Waals surface area contributed by atoms with Crippen LogP contribution in [-0.4, -0.2) is 26.9 Å². The number of ether oxygens (including phenoxy) is 1. The van der Waals surface area contributed by atoms with Crippen molar-refractivity contribution in [1.82, 2.24) is 15.2 Å². The van der Waals surface area contributed by atoms with Crippen LogP contribution in [0.4, 0.5) is 5.69 Å². The van der Waals surface area contributed by atoms with Gasteiger partial charge in [-0.2, -0.15) is 0 Å². The van der Waals surface area contributed by atoms with Gasteiger partial charge in [0, 0.05) is 10.7 Å². The molecule has 8 nitrogen and oxygen atoms in total. The molecular formula is C19H17ClN6O2. The second-order valence-corrected chi connectivity index (χ2v) is 6.12. The largest absolute Gasteiger partial charge is 0.485 e. The SMILES string of the molecule is N=C(/C=C\c1nnc(COc2ccccc2C(N)=O)[nH]1)Nc1cccc(Cl)c1. The lowest BCUT2D eigenvalue weighted by Gasteiger charge is -2.07. The van der Waals surface area contributed by atoms with E-state index in [1.54, 1.807) is 48.5 Å². The summed E-state index contributed by atoms with van der Waals surface area (Å²) in [5.74, 6) is 0.887. The molecule has 0 aliphatic heterocycles. The van der Waals surface area contributed by atoms with Crippen LogP contribution in [0.1, 0.15) is 22.0 Å². The fourth-order valence-electron chi connectivity index (χ4n) is 2.32. The zero-order valence-corrected chi connectivity index (χ0v) is 15.4.